The zero-order valence-corrected chi connectivity index (χ0v) is 17.3. The summed E-state index contributed by atoms with van der Waals surface area (Å²) in [4.78, 5) is 4.58. The van der Waals surface area contributed by atoms with E-state index in [1.165, 1.54) is 0 Å². The topological polar surface area (TPSA) is 92.8 Å². The standard InChI is InChI=1S/C21H25N7O/c1-6-28-16-9-18(24-21-13(3)10-23-27(21)5)22-11-15(16)20(26-28)25-19-12(2)7-8-17(29)14(19)4/h7-11,29H,6H2,1-5H3,(H,22,24)(H,25,26). The second kappa shape index (κ2) is 7.12. The summed E-state index contributed by atoms with van der Waals surface area (Å²) >= 11 is 0. The first kappa shape index (κ1) is 18.8. The Morgan fingerprint density at radius 3 is 2.55 bits per heavy atom. The quantitative estimate of drug-likeness (QED) is 0.470. The minimum absolute atomic E-state index is 0.258. The molecule has 0 amide bonds. The van der Waals surface area contributed by atoms with Gasteiger partial charge >= 0.3 is 0 Å². The molecule has 0 atom stereocenters. The third-order valence-electron chi connectivity index (χ3n) is 5.19. The summed E-state index contributed by atoms with van der Waals surface area (Å²) < 4.78 is 3.73. The van der Waals surface area contributed by atoms with Crippen LogP contribution in [0.3, 0.4) is 0 Å². The highest BCUT2D eigenvalue weighted by atomic mass is 16.3. The molecule has 0 aliphatic heterocycles. The molecule has 150 valence electrons. The molecule has 0 bridgehead atoms. The van der Waals surface area contributed by atoms with E-state index < -0.39 is 0 Å². The maximum atomic E-state index is 10.1. The number of benzene rings is 1. The number of nitrogens with one attached hydrogen (secondary N) is 2. The van der Waals surface area contributed by atoms with Gasteiger partial charge in [0.2, 0.25) is 0 Å². The van der Waals surface area contributed by atoms with Crippen LogP contribution < -0.4 is 10.6 Å². The molecule has 1 aromatic carbocycles. The Hall–Kier alpha value is -3.55. The van der Waals surface area contributed by atoms with Crippen molar-refractivity contribution in [3.8, 4) is 5.75 Å². The Balaban J connectivity index is 1.75. The summed E-state index contributed by atoms with van der Waals surface area (Å²) in [6.45, 7) is 8.68. The fraction of sp³-hybridized carbons (Fsp3) is 0.286. The molecule has 4 aromatic rings. The predicted octanol–water partition coefficient (Wildman–Crippen LogP) is 4.30. The Kier molecular flexibility index (Phi) is 4.62. The van der Waals surface area contributed by atoms with Crippen molar-refractivity contribution in [2.75, 3.05) is 10.6 Å². The number of fused-ring (bicyclic) bond motifs is 1. The van der Waals surface area contributed by atoms with E-state index in [0.29, 0.717) is 0 Å². The van der Waals surface area contributed by atoms with Gasteiger partial charge in [0.05, 0.1) is 17.1 Å². The molecule has 3 heterocycles. The molecule has 0 aliphatic carbocycles. The van der Waals surface area contributed by atoms with E-state index in [2.05, 4.69) is 27.6 Å². The number of rotatable bonds is 5. The second-order valence-corrected chi connectivity index (χ2v) is 7.20. The lowest BCUT2D eigenvalue weighted by Gasteiger charge is -2.12. The molecule has 0 fully saturated rings. The van der Waals surface area contributed by atoms with E-state index in [1.807, 2.05) is 57.0 Å². The number of anilines is 4. The molecule has 29 heavy (non-hydrogen) atoms. The van der Waals surface area contributed by atoms with Crippen LogP contribution in [0.5, 0.6) is 5.75 Å². The van der Waals surface area contributed by atoms with Crippen LogP contribution in [0.25, 0.3) is 10.9 Å². The van der Waals surface area contributed by atoms with E-state index >= 15 is 0 Å². The van der Waals surface area contributed by atoms with Crippen LogP contribution >= 0.6 is 0 Å². The van der Waals surface area contributed by atoms with Crippen molar-refractivity contribution in [3.63, 3.8) is 0 Å². The molecule has 3 N–H and O–H groups in total. The number of hydrogen-bond acceptors (Lipinski definition) is 6. The number of pyridine rings is 1. The predicted molar refractivity (Wildman–Crippen MR) is 115 cm³/mol. The first-order chi connectivity index (χ1) is 13.9. The van der Waals surface area contributed by atoms with Gasteiger partial charge in [-0.05, 0) is 39.3 Å². The van der Waals surface area contributed by atoms with Crippen LogP contribution in [0.4, 0.5) is 23.1 Å². The van der Waals surface area contributed by atoms with Crippen molar-refractivity contribution in [1.82, 2.24) is 24.5 Å². The van der Waals surface area contributed by atoms with Crippen LogP contribution in [0, 0.1) is 20.8 Å². The Morgan fingerprint density at radius 1 is 1.07 bits per heavy atom. The number of phenolic OH excluding ortho intramolecular Hbond substituents is 1. The number of phenols is 1. The Morgan fingerprint density at radius 2 is 1.86 bits per heavy atom. The number of aryl methyl sites for hydroxylation is 4. The van der Waals surface area contributed by atoms with Crippen molar-refractivity contribution in [3.05, 3.63) is 47.3 Å². The summed E-state index contributed by atoms with van der Waals surface area (Å²) in [6.07, 6.45) is 3.64. The first-order valence-electron chi connectivity index (χ1n) is 9.57. The molecule has 3 aromatic heterocycles. The van der Waals surface area contributed by atoms with Crippen LogP contribution in [-0.2, 0) is 13.6 Å². The molecule has 0 spiro atoms. The lowest BCUT2D eigenvalue weighted by Crippen LogP contribution is -2.02. The van der Waals surface area contributed by atoms with Crippen molar-refractivity contribution in [2.45, 2.75) is 34.2 Å². The van der Waals surface area contributed by atoms with E-state index in [4.69, 9.17) is 5.10 Å². The van der Waals surface area contributed by atoms with Gasteiger partial charge in [0.1, 0.15) is 17.4 Å². The van der Waals surface area contributed by atoms with Gasteiger partial charge in [0, 0.05) is 42.7 Å². The lowest BCUT2D eigenvalue weighted by molar-refractivity contribution is 0.471. The van der Waals surface area contributed by atoms with Crippen LogP contribution in [0.2, 0.25) is 0 Å². The average molecular weight is 391 g/mol. The van der Waals surface area contributed by atoms with Gasteiger partial charge in [-0.15, -0.1) is 0 Å². The molecule has 0 radical (unpaired) electrons. The normalized spacial score (nSPS) is 11.2. The van der Waals surface area contributed by atoms with Gasteiger partial charge in [-0.3, -0.25) is 9.36 Å². The number of aromatic hydroxyl groups is 1. The van der Waals surface area contributed by atoms with E-state index in [1.54, 1.807) is 10.7 Å². The number of aromatic nitrogens is 5. The molecule has 8 nitrogen and oxygen atoms in total. The van der Waals surface area contributed by atoms with Crippen molar-refractivity contribution < 1.29 is 5.11 Å². The third-order valence-corrected chi connectivity index (χ3v) is 5.19. The van der Waals surface area contributed by atoms with Gasteiger partial charge < -0.3 is 15.7 Å². The molecule has 0 aliphatic rings. The zero-order chi connectivity index (χ0) is 20.7. The zero-order valence-electron chi connectivity index (χ0n) is 17.3. The van der Waals surface area contributed by atoms with Crippen LogP contribution in [0.1, 0.15) is 23.6 Å². The molecular weight excluding hydrogens is 366 g/mol. The smallest absolute Gasteiger partial charge is 0.161 e. The minimum atomic E-state index is 0.258. The maximum absolute atomic E-state index is 10.1. The molecule has 0 unspecified atom stereocenters. The highest BCUT2D eigenvalue weighted by molar-refractivity contribution is 5.93. The van der Waals surface area contributed by atoms with E-state index in [9.17, 15) is 5.11 Å². The summed E-state index contributed by atoms with van der Waals surface area (Å²) in [5.74, 6) is 2.61. The van der Waals surface area contributed by atoms with Crippen LogP contribution in [-0.4, -0.2) is 29.7 Å². The summed E-state index contributed by atoms with van der Waals surface area (Å²) in [5, 5.41) is 26.7. The molecular formula is C21H25N7O. The Bertz CT molecular complexity index is 1190. The minimum Gasteiger partial charge on any atom is -0.508 e. The van der Waals surface area contributed by atoms with Crippen molar-refractivity contribution >= 4 is 34.0 Å². The summed E-state index contributed by atoms with van der Waals surface area (Å²) in [6, 6.07) is 5.59. The van der Waals surface area contributed by atoms with Crippen molar-refractivity contribution in [1.29, 1.82) is 0 Å². The highest BCUT2D eigenvalue weighted by Crippen LogP contribution is 2.33. The number of nitrogens with zero attached hydrogens (tertiary/aromatic N) is 5. The fourth-order valence-corrected chi connectivity index (χ4v) is 3.47. The first-order valence-corrected chi connectivity index (χ1v) is 9.57. The van der Waals surface area contributed by atoms with Crippen molar-refractivity contribution in [2.24, 2.45) is 7.05 Å². The van der Waals surface area contributed by atoms with E-state index in [-0.39, 0.29) is 5.75 Å². The SMILES string of the molecule is CCn1nc(Nc2c(C)ccc(O)c2C)c2cnc(Nc3c(C)cnn3C)cc21. The fourth-order valence-electron chi connectivity index (χ4n) is 3.47. The molecule has 0 saturated heterocycles. The lowest BCUT2D eigenvalue weighted by atomic mass is 10.1. The summed E-state index contributed by atoms with van der Waals surface area (Å²) in [5.41, 5.74) is 4.72. The van der Waals surface area contributed by atoms with Crippen LogP contribution in [0.15, 0.2) is 30.6 Å². The third kappa shape index (κ3) is 3.26. The molecule has 0 saturated carbocycles. The second-order valence-electron chi connectivity index (χ2n) is 7.20. The largest absolute Gasteiger partial charge is 0.508 e. The van der Waals surface area contributed by atoms with Gasteiger partial charge in [-0.1, -0.05) is 6.07 Å². The summed E-state index contributed by atoms with van der Waals surface area (Å²) in [7, 11) is 1.89. The van der Waals surface area contributed by atoms with E-state index in [0.717, 1.165) is 57.3 Å². The average Bonchev–Trinajstić information content (AvgIpc) is 3.22. The Labute approximate surface area is 169 Å². The van der Waals surface area contributed by atoms with Gasteiger partial charge in [0.25, 0.3) is 0 Å². The molecule has 4 rings (SSSR count). The maximum Gasteiger partial charge on any atom is 0.161 e. The number of hydrogen-bond donors (Lipinski definition) is 3. The van der Waals surface area contributed by atoms with Gasteiger partial charge in [-0.25, -0.2) is 4.98 Å². The highest BCUT2D eigenvalue weighted by Gasteiger charge is 2.15. The van der Waals surface area contributed by atoms with Gasteiger partial charge in [0.15, 0.2) is 5.82 Å². The monoisotopic (exact) mass is 391 g/mol. The van der Waals surface area contributed by atoms with Gasteiger partial charge in [-0.2, -0.15) is 10.2 Å². The molecule has 8 heteroatoms.